The Balaban J connectivity index is 2.90. The minimum atomic E-state index is -3.80. The van der Waals surface area contributed by atoms with Crippen LogP contribution in [0.4, 0.5) is 0 Å². The average Bonchev–Trinajstić information content (AvgIpc) is 2.44. The summed E-state index contributed by atoms with van der Waals surface area (Å²) in [5, 5.41) is 8.56. The highest BCUT2D eigenvalue weighted by atomic mass is 32.2. The molecular formula is C13H15NO5S. The molecule has 0 radical (unpaired) electrons. The van der Waals surface area contributed by atoms with Crippen LogP contribution in [0, 0.1) is 11.8 Å². The van der Waals surface area contributed by atoms with Gasteiger partial charge in [-0.25, -0.2) is 8.42 Å². The first-order valence-corrected chi connectivity index (χ1v) is 7.19. The first kappa shape index (κ1) is 16.2. The Hall–Kier alpha value is -1.88. The van der Waals surface area contributed by atoms with Crippen LogP contribution in [-0.2, 0) is 19.6 Å². The van der Waals surface area contributed by atoms with Crippen LogP contribution < -0.4 is 4.72 Å². The van der Waals surface area contributed by atoms with Gasteiger partial charge >= 0.3 is 5.97 Å². The van der Waals surface area contributed by atoms with Crippen LogP contribution in [-0.4, -0.2) is 39.3 Å². The maximum absolute atomic E-state index is 12.0. The molecule has 0 aliphatic heterocycles. The zero-order valence-electron chi connectivity index (χ0n) is 11.1. The van der Waals surface area contributed by atoms with Gasteiger partial charge in [-0.05, 0) is 31.2 Å². The molecule has 0 heterocycles. The van der Waals surface area contributed by atoms with E-state index in [2.05, 4.69) is 21.3 Å². The lowest BCUT2D eigenvalue weighted by atomic mass is 10.2. The molecule has 1 aromatic carbocycles. The number of aliphatic hydroxyl groups is 1. The van der Waals surface area contributed by atoms with Gasteiger partial charge in [0.15, 0.2) is 0 Å². The van der Waals surface area contributed by atoms with Gasteiger partial charge in [0.25, 0.3) is 0 Å². The van der Waals surface area contributed by atoms with E-state index >= 15 is 0 Å². The molecule has 1 aromatic rings. The Bertz CT molecular complexity index is 625. The van der Waals surface area contributed by atoms with E-state index in [-0.39, 0.29) is 11.5 Å². The summed E-state index contributed by atoms with van der Waals surface area (Å²) in [7, 11) is -2.62. The molecule has 0 bridgehead atoms. The third-order valence-corrected chi connectivity index (χ3v) is 3.92. The second kappa shape index (κ2) is 7.05. The number of benzene rings is 1. The second-order valence-corrected chi connectivity index (χ2v) is 5.56. The standard InChI is InChI=1S/C13H15NO5S/c1-10(13(16)19-2)14-20(17,18)12-7-5-11(6-8-12)4-3-9-15/h5-8,10,14-15H,9H2,1-2H3. The van der Waals surface area contributed by atoms with Gasteiger partial charge in [-0.3, -0.25) is 4.79 Å². The first-order valence-electron chi connectivity index (χ1n) is 5.70. The van der Waals surface area contributed by atoms with Crippen molar-refractivity contribution < 1.29 is 23.1 Å². The first-order chi connectivity index (χ1) is 9.40. The third kappa shape index (κ3) is 4.35. The van der Waals surface area contributed by atoms with E-state index in [1.165, 1.54) is 38.3 Å². The van der Waals surface area contributed by atoms with Crippen LogP contribution in [0.5, 0.6) is 0 Å². The number of esters is 1. The molecule has 2 N–H and O–H groups in total. The number of rotatable bonds is 4. The fourth-order valence-electron chi connectivity index (χ4n) is 1.38. The minimum Gasteiger partial charge on any atom is -0.468 e. The van der Waals surface area contributed by atoms with Crippen LogP contribution in [0.25, 0.3) is 0 Å². The van der Waals surface area contributed by atoms with E-state index in [4.69, 9.17) is 5.11 Å². The van der Waals surface area contributed by atoms with Gasteiger partial charge in [0.2, 0.25) is 10.0 Å². The predicted octanol–water partition coefficient (Wildman–Crippen LogP) is -0.130. The van der Waals surface area contributed by atoms with Crippen LogP contribution in [0.3, 0.4) is 0 Å². The molecule has 1 unspecified atom stereocenters. The highest BCUT2D eigenvalue weighted by Gasteiger charge is 2.22. The molecule has 0 fully saturated rings. The average molecular weight is 297 g/mol. The monoisotopic (exact) mass is 297 g/mol. The molecule has 6 nitrogen and oxygen atoms in total. The summed E-state index contributed by atoms with van der Waals surface area (Å²) >= 11 is 0. The number of nitrogens with one attached hydrogen (secondary N) is 1. The summed E-state index contributed by atoms with van der Waals surface area (Å²) in [5.74, 6) is 4.44. The summed E-state index contributed by atoms with van der Waals surface area (Å²) in [4.78, 5) is 11.2. The highest BCUT2D eigenvalue weighted by Crippen LogP contribution is 2.10. The van der Waals surface area contributed by atoms with E-state index in [9.17, 15) is 13.2 Å². The van der Waals surface area contributed by atoms with Crippen molar-refractivity contribution in [2.75, 3.05) is 13.7 Å². The summed E-state index contributed by atoms with van der Waals surface area (Å²) < 4.78 is 30.6. The molecule has 0 aliphatic rings. The number of hydrogen-bond acceptors (Lipinski definition) is 5. The van der Waals surface area contributed by atoms with Crippen LogP contribution >= 0.6 is 0 Å². The van der Waals surface area contributed by atoms with Gasteiger partial charge in [0, 0.05) is 5.56 Å². The summed E-state index contributed by atoms with van der Waals surface area (Å²) in [6.07, 6.45) is 0. The van der Waals surface area contributed by atoms with Crippen LogP contribution in [0.1, 0.15) is 12.5 Å². The van der Waals surface area contributed by atoms with Crippen molar-refractivity contribution >= 4 is 16.0 Å². The van der Waals surface area contributed by atoms with Gasteiger partial charge in [-0.15, -0.1) is 0 Å². The van der Waals surface area contributed by atoms with Crippen molar-refractivity contribution in [1.82, 2.24) is 4.72 Å². The van der Waals surface area contributed by atoms with E-state index in [0.29, 0.717) is 5.56 Å². The van der Waals surface area contributed by atoms with E-state index < -0.39 is 22.0 Å². The van der Waals surface area contributed by atoms with Crippen LogP contribution in [0.15, 0.2) is 29.2 Å². The van der Waals surface area contributed by atoms with Crippen molar-refractivity contribution in [3.63, 3.8) is 0 Å². The van der Waals surface area contributed by atoms with Gasteiger partial charge in [0.05, 0.1) is 12.0 Å². The molecule has 0 aliphatic carbocycles. The number of aliphatic hydroxyl groups excluding tert-OH is 1. The lowest BCUT2D eigenvalue weighted by molar-refractivity contribution is -0.142. The molecule has 0 amide bonds. The van der Waals surface area contributed by atoms with Crippen molar-refractivity contribution in [2.45, 2.75) is 17.9 Å². The Kier molecular flexibility index (Phi) is 5.70. The molecule has 108 valence electrons. The molecule has 1 atom stereocenters. The van der Waals surface area contributed by atoms with E-state index in [1.807, 2.05) is 0 Å². The van der Waals surface area contributed by atoms with Crippen molar-refractivity contribution in [3.8, 4) is 11.8 Å². The van der Waals surface area contributed by atoms with E-state index in [0.717, 1.165) is 0 Å². The number of hydrogen-bond donors (Lipinski definition) is 2. The fourth-order valence-corrected chi connectivity index (χ4v) is 2.58. The predicted molar refractivity (Wildman–Crippen MR) is 72.2 cm³/mol. The summed E-state index contributed by atoms with van der Waals surface area (Å²) in [5.41, 5.74) is 0.582. The molecule has 7 heteroatoms. The highest BCUT2D eigenvalue weighted by molar-refractivity contribution is 7.89. The van der Waals surface area contributed by atoms with E-state index in [1.54, 1.807) is 0 Å². The van der Waals surface area contributed by atoms with Crippen molar-refractivity contribution in [3.05, 3.63) is 29.8 Å². The fraction of sp³-hybridized carbons (Fsp3) is 0.308. The Labute approximate surface area is 117 Å². The topological polar surface area (TPSA) is 92.7 Å². The van der Waals surface area contributed by atoms with Gasteiger partial charge in [0.1, 0.15) is 12.6 Å². The lowest BCUT2D eigenvalue weighted by Gasteiger charge is -2.12. The maximum atomic E-state index is 12.0. The maximum Gasteiger partial charge on any atom is 0.323 e. The molecule has 20 heavy (non-hydrogen) atoms. The zero-order valence-corrected chi connectivity index (χ0v) is 11.9. The summed E-state index contributed by atoms with van der Waals surface area (Å²) in [6.45, 7) is 1.13. The normalized spacial score (nSPS) is 12.2. The minimum absolute atomic E-state index is 0.0165. The SMILES string of the molecule is COC(=O)C(C)NS(=O)(=O)c1ccc(C#CCO)cc1. The number of carbonyl (C=O) groups excluding carboxylic acids is 1. The molecule has 0 saturated carbocycles. The summed E-state index contributed by atoms with van der Waals surface area (Å²) in [6, 6.07) is 4.79. The Morgan fingerprint density at radius 3 is 2.50 bits per heavy atom. The molecular weight excluding hydrogens is 282 g/mol. The quantitative estimate of drug-likeness (QED) is 0.596. The lowest BCUT2D eigenvalue weighted by Crippen LogP contribution is -2.39. The number of sulfonamides is 1. The van der Waals surface area contributed by atoms with Gasteiger partial charge in [-0.2, -0.15) is 4.72 Å². The smallest absolute Gasteiger partial charge is 0.323 e. The number of carbonyl (C=O) groups is 1. The molecule has 0 saturated heterocycles. The second-order valence-electron chi connectivity index (χ2n) is 3.85. The molecule has 1 rings (SSSR count). The van der Waals surface area contributed by atoms with Crippen molar-refractivity contribution in [2.24, 2.45) is 0 Å². The zero-order chi connectivity index (χ0) is 15.2. The largest absolute Gasteiger partial charge is 0.468 e. The Morgan fingerprint density at radius 1 is 1.40 bits per heavy atom. The molecule has 0 aromatic heterocycles. The molecule has 0 spiro atoms. The number of methoxy groups -OCH3 is 1. The van der Waals surface area contributed by atoms with Crippen molar-refractivity contribution in [1.29, 1.82) is 0 Å². The van der Waals surface area contributed by atoms with Crippen LogP contribution in [0.2, 0.25) is 0 Å². The Morgan fingerprint density at radius 2 is 2.00 bits per heavy atom. The number of ether oxygens (including phenoxy) is 1. The van der Waals surface area contributed by atoms with Gasteiger partial charge < -0.3 is 9.84 Å². The van der Waals surface area contributed by atoms with Gasteiger partial charge in [-0.1, -0.05) is 11.8 Å². The third-order valence-electron chi connectivity index (χ3n) is 2.36.